The average molecular weight is 454 g/mol. The van der Waals surface area contributed by atoms with Crippen molar-refractivity contribution in [2.45, 2.75) is 20.0 Å². The summed E-state index contributed by atoms with van der Waals surface area (Å²) in [5.41, 5.74) is 1.85. The molecule has 1 aromatic heterocycles. The van der Waals surface area contributed by atoms with E-state index >= 15 is 0 Å². The third kappa shape index (κ3) is 4.27. The quantitative estimate of drug-likeness (QED) is 0.546. The van der Waals surface area contributed by atoms with E-state index in [1.165, 1.54) is 18.4 Å². The fourth-order valence-corrected chi connectivity index (χ4v) is 4.57. The van der Waals surface area contributed by atoms with Crippen molar-refractivity contribution in [1.29, 1.82) is 0 Å². The van der Waals surface area contributed by atoms with E-state index in [1.807, 2.05) is 50.2 Å². The van der Waals surface area contributed by atoms with Crippen LogP contribution in [0.1, 0.15) is 22.2 Å². The Kier molecular flexibility index (Phi) is 6.32. The van der Waals surface area contributed by atoms with Crippen LogP contribution >= 0.6 is 11.3 Å². The van der Waals surface area contributed by atoms with Crippen molar-refractivity contribution in [2.75, 3.05) is 25.6 Å². The maximum absolute atomic E-state index is 12.9. The molecule has 4 rings (SSSR count). The number of benzene rings is 2. The number of amides is 1. The summed E-state index contributed by atoms with van der Waals surface area (Å²) in [7, 11) is 1.32. The van der Waals surface area contributed by atoms with E-state index in [2.05, 4.69) is 5.32 Å². The number of hydrogen-bond donors (Lipinski definition) is 1. The molecule has 1 amide bonds. The SMILES string of the molecule is CCOc1ccc(-c2c(C)sc(NC(=O)C3COc4ccccc4O3)c2C(=O)OC)cc1. The second kappa shape index (κ2) is 9.32. The first-order valence-corrected chi connectivity index (χ1v) is 11.0. The lowest BCUT2D eigenvalue weighted by molar-refractivity contribution is -0.125. The standard InChI is InChI=1S/C24H23NO6S/c1-4-29-16-11-9-15(10-12-16)20-14(2)32-23(21(20)24(27)28-3)25-22(26)19-13-30-17-7-5-6-8-18(17)31-19/h5-12,19H,4,13H2,1-3H3,(H,25,26). The Balaban J connectivity index is 1.62. The molecule has 32 heavy (non-hydrogen) atoms. The molecule has 2 heterocycles. The topological polar surface area (TPSA) is 83.1 Å². The molecule has 1 unspecified atom stereocenters. The zero-order valence-corrected chi connectivity index (χ0v) is 18.8. The Labute approximate surface area is 189 Å². The van der Waals surface area contributed by atoms with Crippen LogP contribution in [0.5, 0.6) is 17.2 Å². The largest absolute Gasteiger partial charge is 0.494 e. The summed E-state index contributed by atoms with van der Waals surface area (Å²) in [5, 5.41) is 3.25. The highest BCUT2D eigenvalue weighted by Crippen LogP contribution is 2.41. The van der Waals surface area contributed by atoms with Gasteiger partial charge in [0, 0.05) is 10.4 Å². The lowest BCUT2D eigenvalue weighted by Crippen LogP contribution is -2.40. The van der Waals surface area contributed by atoms with Crippen LogP contribution in [0, 0.1) is 6.92 Å². The number of nitrogens with one attached hydrogen (secondary N) is 1. The minimum absolute atomic E-state index is 0.0759. The van der Waals surface area contributed by atoms with Crippen LogP contribution in [-0.4, -0.2) is 38.3 Å². The van der Waals surface area contributed by atoms with Gasteiger partial charge >= 0.3 is 5.97 Å². The van der Waals surface area contributed by atoms with E-state index in [0.29, 0.717) is 34.2 Å². The first kappa shape index (κ1) is 21.7. The molecule has 1 N–H and O–H groups in total. The number of methoxy groups -OCH3 is 1. The van der Waals surface area contributed by atoms with Crippen LogP contribution in [-0.2, 0) is 9.53 Å². The molecule has 0 fully saturated rings. The molecule has 1 aliphatic rings. The zero-order valence-electron chi connectivity index (χ0n) is 18.0. The molecule has 0 aliphatic carbocycles. The van der Waals surface area contributed by atoms with Crippen LogP contribution in [0.2, 0.25) is 0 Å². The number of anilines is 1. The number of para-hydroxylation sites is 2. The molecule has 0 spiro atoms. The summed E-state index contributed by atoms with van der Waals surface area (Å²) >= 11 is 1.31. The van der Waals surface area contributed by atoms with Gasteiger partial charge in [0.15, 0.2) is 11.5 Å². The minimum Gasteiger partial charge on any atom is -0.494 e. The Morgan fingerprint density at radius 1 is 1.12 bits per heavy atom. The van der Waals surface area contributed by atoms with E-state index in [-0.39, 0.29) is 6.61 Å². The predicted octanol–water partition coefficient (Wildman–Crippen LogP) is 4.69. The van der Waals surface area contributed by atoms with E-state index < -0.39 is 18.0 Å². The van der Waals surface area contributed by atoms with Gasteiger partial charge in [0.2, 0.25) is 6.10 Å². The van der Waals surface area contributed by atoms with Gasteiger partial charge in [0.1, 0.15) is 22.9 Å². The maximum Gasteiger partial charge on any atom is 0.341 e. The van der Waals surface area contributed by atoms with Crippen LogP contribution in [0.25, 0.3) is 11.1 Å². The second-order valence-corrected chi connectivity index (χ2v) is 8.26. The number of rotatable bonds is 6. The van der Waals surface area contributed by atoms with Crippen LogP contribution < -0.4 is 19.5 Å². The van der Waals surface area contributed by atoms with Crippen molar-refractivity contribution >= 4 is 28.2 Å². The first-order chi connectivity index (χ1) is 15.5. The Bertz CT molecular complexity index is 1140. The minimum atomic E-state index is -0.841. The number of carbonyl (C=O) groups excluding carboxylic acids is 2. The molecule has 166 valence electrons. The van der Waals surface area contributed by atoms with Crippen molar-refractivity contribution in [2.24, 2.45) is 0 Å². The molecular weight excluding hydrogens is 430 g/mol. The Hall–Kier alpha value is -3.52. The zero-order chi connectivity index (χ0) is 22.7. The number of ether oxygens (including phenoxy) is 4. The molecule has 0 bridgehead atoms. The van der Waals surface area contributed by atoms with Gasteiger partial charge < -0.3 is 24.3 Å². The van der Waals surface area contributed by atoms with Crippen LogP contribution in [0.3, 0.4) is 0 Å². The van der Waals surface area contributed by atoms with Gasteiger partial charge in [-0.05, 0) is 43.7 Å². The van der Waals surface area contributed by atoms with Gasteiger partial charge in [-0.2, -0.15) is 0 Å². The maximum atomic E-state index is 12.9. The average Bonchev–Trinajstić information content (AvgIpc) is 3.14. The lowest BCUT2D eigenvalue weighted by atomic mass is 10.0. The number of fused-ring (bicyclic) bond motifs is 1. The molecule has 1 aliphatic heterocycles. The summed E-state index contributed by atoms with van der Waals surface area (Å²) in [6.07, 6.45) is -0.841. The number of thiophene rings is 1. The number of carbonyl (C=O) groups is 2. The molecule has 0 radical (unpaired) electrons. The third-order valence-corrected chi connectivity index (χ3v) is 5.99. The second-order valence-electron chi connectivity index (χ2n) is 7.04. The number of aryl methyl sites for hydroxylation is 1. The van der Waals surface area contributed by atoms with Crippen molar-refractivity contribution in [3.05, 3.63) is 59.0 Å². The monoisotopic (exact) mass is 453 g/mol. The number of hydrogen-bond acceptors (Lipinski definition) is 7. The van der Waals surface area contributed by atoms with Gasteiger partial charge in [0.05, 0.1) is 13.7 Å². The molecule has 2 aromatic carbocycles. The summed E-state index contributed by atoms with van der Waals surface area (Å²) in [6.45, 7) is 4.46. The highest BCUT2D eigenvalue weighted by atomic mass is 32.1. The summed E-state index contributed by atoms with van der Waals surface area (Å²) < 4.78 is 22.0. The highest BCUT2D eigenvalue weighted by Gasteiger charge is 2.31. The molecule has 3 aromatic rings. The van der Waals surface area contributed by atoms with Crippen LogP contribution in [0.4, 0.5) is 5.00 Å². The lowest BCUT2D eigenvalue weighted by Gasteiger charge is -2.25. The fraction of sp³-hybridized carbons (Fsp3) is 0.250. The van der Waals surface area contributed by atoms with Gasteiger partial charge in [-0.25, -0.2) is 4.79 Å². The van der Waals surface area contributed by atoms with E-state index in [0.717, 1.165) is 16.2 Å². The van der Waals surface area contributed by atoms with E-state index in [4.69, 9.17) is 18.9 Å². The van der Waals surface area contributed by atoms with Gasteiger partial charge in [0.25, 0.3) is 5.91 Å². The van der Waals surface area contributed by atoms with Gasteiger partial charge in [-0.3, -0.25) is 4.79 Å². The van der Waals surface area contributed by atoms with Crippen molar-refractivity contribution in [3.63, 3.8) is 0 Å². The summed E-state index contributed by atoms with van der Waals surface area (Å²) in [4.78, 5) is 26.5. The molecule has 8 heteroatoms. The van der Waals surface area contributed by atoms with Gasteiger partial charge in [-0.15, -0.1) is 11.3 Å². The molecular formula is C24H23NO6S. The fourth-order valence-electron chi connectivity index (χ4n) is 3.50. The van der Waals surface area contributed by atoms with Crippen molar-refractivity contribution in [3.8, 4) is 28.4 Å². The third-order valence-electron chi connectivity index (χ3n) is 4.97. The van der Waals surface area contributed by atoms with Crippen molar-refractivity contribution < 1.29 is 28.5 Å². The smallest absolute Gasteiger partial charge is 0.341 e. The molecule has 1 atom stereocenters. The van der Waals surface area contributed by atoms with Crippen LogP contribution in [0.15, 0.2) is 48.5 Å². The summed E-state index contributed by atoms with van der Waals surface area (Å²) in [6, 6.07) is 14.6. The summed E-state index contributed by atoms with van der Waals surface area (Å²) in [5.74, 6) is 0.914. The molecule has 0 saturated carbocycles. The normalized spacial score (nSPS) is 14.5. The molecule has 7 nitrogen and oxygen atoms in total. The van der Waals surface area contributed by atoms with Gasteiger partial charge in [-0.1, -0.05) is 24.3 Å². The number of esters is 1. The Morgan fingerprint density at radius 3 is 2.53 bits per heavy atom. The predicted molar refractivity (Wildman–Crippen MR) is 122 cm³/mol. The molecule has 0 saturated heterocycles. The van der Waals surface area contributed by atoms with Crippen molar-refractivity contribution in [1.82, 2.24) is 0 Å². The van der Waals surface area contributed by atoms with E-state index in [9.17, 15) is 9.59 Å². The Morgan fingerprint density at radius 2 is 1.84 bits per heavy atom. The highest BCUT2D eigenvalue weighted by molar-refractivity contribution is 7.17. The van der Waals surface area contributed by atoms with E-state index in [1.54, 1.807) is 12.1 Å². The first-order valence-electron chi connectivity index (χ1n) is 10.2.